The molecule has 1 rings (SSSR count). The molecule has 0 heterocycles. The molecule has 0 fully saturated rings. The minimum Gasteiger partial charge on any atom is -0.504 e. The summed E-state index contributed by atoms with van der Waals surface area (Å²) >= 11 is 6.05. The molecule has 0 aromatic carbocycles. The Morgan fingerprint density at radius 3 is 2.33 bits per heavy atom. The normalized spacial score (nSPS) is 22.7. The number of carbonyl (C=O) groups excluding carboxylic acids is 3. The molecule has 1 N–H and O–H groups in total. The van der Waals surface area contributed by atoms with Crippen LogP contribution >= 0.6 is 31.9 Å². The van der Waals surface area contributed by atoms with Gasteiger partial charge in [0.05, 0.1) is 25.7 Å². The molecule has 0 saturated heterocycles. The molecule has 0 amide bonds. The molecular formula is C10H10Br2O6. The summed E-state index contributed by atoms with van der Waals surface area (Å²) in [4.78, 5) is 34.9. The van der Waals surface area contributed by atoms with Crippen LogP contribution in [0.3, 0.4) is 0 Å². The summed E-state index contributed by atoms with van der Waals surface area (Å²) in [7, 11) is 2.28. The zero-order valence-corrected chi connectivity index (χ0v) is 12.7. The van der Waals surface area contributed by atoms with E-state index < -0.39 is 32.6 Å². The summed E-state index contributed by atoms with van der Waals surface area (Å²) in [6, 6.07) is 0. The molecule has 18 heavy (non-hydrogen) atoms. The number of esters is 2. The second-order valence-electron chi connectivity index (χ2n) is 3.55. The predicted molar refractivity (Wildman–Crippen MR) is 67.4 cm³/mol. The van der Waals surface area contributed by atoms with E-state index >= 15 is 0 Å². The topological polar surface area (TPSA) is 89.9 Å². The van der Waals surface area contributed by atoms with E-state index in [0.29, 0.717) is 0 Å². The van der Waals surface area contributed by atoms with Gasteiger partial charge in [-0.05, 0) is 6.42 Å². The van der Waals surface area contributed by atoms with Gasteiger partial charge in [-0.25, -0.2) is 4.79 Å². The highest BCUT2D eigenvalue weighted by Gasteiger charge is 2.52. The zero-order chi connectivity index (χ0) is 14.1. The third-order valence-corrected chi connectivity index (χ3v) is 4.39. The zero-order valence-electron chi connectivity index (χ0n) is 9.53. The summed E-state index contributed by atoms with van der Waals surface area (Å²) in [5.74, 6) is -4.09. The molecule has 1 unspecified atom stereocenters. The minimum atomic E-state index is -1.49. The van der Waals surface area contributed by atoms with E-state index in [1.165, 1.54) is 7.11 Å². The fourth-order valence-electron chi connectivity index (χ4n) is 1.56. The molecule has 0 aromatic heterocycles. The number of rotatable bonds is 2. The number of alkyl halides is 2. The molecule has 0 saturated carbocycles. The lowest BCUT2D eigenvalue weighted by molar-refractivity contribution is -0.148. The molecular weight excluding hydrogens is 376 g/mol. The van der Waals surface area contributed by atoms with Crippen LogP contribution in [0.1, 0.15) is 6.42 Å². The predicted octanol–water partition coefficient (Wildman–Crippen LogP) is 1.22. The largest absolute Gasteiger partial charge is 0.504 e. The van der Waals surface area contributed by atoms with E-state index in [4.69, 9.17) is 0 Å². The molecule has 100 valence electrons. The second-order valence-corrected chi connectivity index (χ2v) is 7.12. The van der Waals surface area contributed by atoms with Crippen molar-refractivity contribution in [3.63, 3.8) is 0 Å². The van der Waals surface area contributed by atoms with Crippen LogP contribution in [0.2, 0.25) is 0 Å². The summed E-state index contributed by atoms with van der Waals surface area (Å²) < 4.78 is 7.52. The lowest BCUT2D eigenvalue weighted by atomic mass is 9.86. The number of aliphatic hydroxyl groups is 1. The van der Waals surface area contributed by atoms with E-state index in [9.17, 15) is 19.5 Å². The van der Waals surface area contributed by atoms with Gasteiger partial charge >= 0.3 is 11.9 Å². The summed E-state index contributed by atoms with van der Waals surface area (Å²) in [6.45, 7) is 0. The first-order valence-corrected chi connectivity index (χ1v) is 6.36. The number of carbonyl (C=O) groups is 3. The van der Waals surface area contributed by atoms with Gasteiger partial charge in [-0.15, -0.1) is 0 Å². The van der Waals surface area contributed by atoms with Crippen molar-refractivity contribution < 1.29 is 29.0 Å². The Hall–Kier alpha value is -0.890. The standard InChI is InChI=1S/C10H10Br2O6/c1-17-8(15)4-3-5(9(16)18-2)10(11,12)7(14)6(4)13/h5,13H,3H2,1-2H3. The Labute approximate surface area is 120 Å². The lowest BCUT2D eigenvalue weighted by Crippen LogP contribution is -2.45. The van der Waals surface area contributed by atoms with Gasteiger partial charge in [0, 0.05) is 0 Å². The van der Waals surface area contributed by atoms with Crippen molar-refractivity contribution in [1.82, 2.24) is 0 Å². The van der Waals surface area contributed by atoms with E-state index in [2.05, 4.69) is 41.3 Å². The number of aliphatic hydroxyl groups excluding tert-OH is 1. The first-order chi connectivity index (χ1) is 8.27. The van der Waals surface area contributed by atoms with Crippen LogP contribution in [0.4, 0.5) is 0 Å². The molecule has 0 spiro atoms. The number of methoxy groups -OCH3 is 2. The van der Waals surface area contributed by atoms with Gasteiger partial charge < -0.3 is 14.6 Å². The molecule has 0 bridgehead atoms. The fourth-order valence-corrected chi connectivity index (χ4v) is 2.63. The lowest BCUT2D eigenvalue weighted by Gasteiger charge is -2.31. The van der Waals surface area contributed by atoms with Crippen molar-refractivity contribution in [2.45, 2.75) is 9.65 Å². The van der Waals surface area contributed by atoms with Gasteiger partial charge in [0.25, 0.3) is 0 Å². The second kappa shape index (κ2) is 5.40. The van der Waals surface area contributed by atoms with Crippen molar-refractivity contribution in [2.75, 3.05) is 14.2 Å². The molecule has 0 radical (unpaired) electrons. The SMILES string of the molecule is COC(=O)C1=C(O)C(=O)C(Br)(Br)C(C(=O)OC)C1. The van der Waals surface area contributed by atoms with Gasteiger partial charge in [0.1, 0.15) is 0 Å². The summed E-state index contributed by atoms with van der Waals surface area (Å²) in [6.07, 6.45) is -0.173. The third-order valence-electron chi connectivity index (χ3n) is 2.57. The maximum Gasteiger partial charge on any atom is 0.337 e. The Bertz CT molecular complexity index is 440. The van der Waals surface area contributed by atoms with Crippen LogP contribution < -0.4 is 0 Å². The molecule has 8 heteroatoms. The van der Waals surface area contributed by atoms with Gasteiger partial charge in [-0.1, -0.05) is 31.9 Å². The number of Topliss-reactive ketones (excluding diaryl/α,β-unsaturated/α-hetero) is 1. The number of hydrogen-bond donors (Lipinski definition) is 1. The number of halogens is 2. The van der Waals surface area contributed by atoms with Crippen LogP contribution in [0.15, 0.2) is 11.3 Å². The number of allylic oxidation sites excluding steroid dienone is 1. The van der Waals surface area contributed by atoms with Crippen LogP contribution in [-0.2, 0) is 23.9 Å². The number of hydrogen-bond acceptors (Lipinski definition) is 6. The number of ether oxygens (including phenoxy) is 2. The smallest absolute Gasteiger partial charge is 0.337 e. The summed E-state index contributed by atoms with van der Waals surface area (Å²) in [5, 5.41) is 9.66. The van der Waals surface area contributed by atoms with Crippen molar-refractivity contribution in [3.8, 4) is 0 Å². The van der Waals surface area contributed by atoms with Gasteiger partial charge in [0.2, 0.25) is 5.78 Å². The highest BCUT2D eigenvalue weighted by molar-refractivity contribution is 9.26. The van der Waals surface area contributed by atoms with E-state index in [0.717, 1.165) is 7.11 Å². The van der Waals surface area contributed by atoms with E-state index in [1.807, 2.05) is 0 Å². The van der Waals surface area contributed by atoms with Crippen LogP contribution in [0.25, 0.3) is 0 Å². The first kappa shape index (κ1) is 15.2. The monoisotopic (exact) mass is 384 g/mol. The van der Waals surface area contributed by atoms with Crippen molar-refractivity contribution in [3.05, 3.63) is 11.3 Å². The highest BCUT2D eigenvalue weighted by atomic mass is 79.9. The Balaban J connectivity index is 3.26. The molecule has 0 aromatic rings. The molecule has 1 aliphatic carbocycles. The highest BCUT2D eigenvalue weighted by Crippen LogP contribution is 2.45. The van der Waals surface area contributed by atoms with Crippen LogP contribution in [0, 0.1) is 5.92 Å². The quantitative estimate of drug-likeness (QED) is 0.567. The van der Waals surface area contributed by atoms with Crippen molar-refractivity contribution in [2.24, 2.45) is 5.92 Å². The molecule has 0 aliphatic heterocycles. The summed E-state index contributed by atoms with van der Waals surface area (Å²) in [5.41, 5.74) is -0.243. The molecule has 6 nitrogen and oxygen atoms in total. The maximum atomic E-state index is 11.9. The average Bonchev–Trinajstić information content (AvgIpc) is 2.34. The van der Waals surface area contributed by atoms with Gasteiger partial charge in [0.15, 0.2) is 8.99 Å². The van der Waals surface area contributed by atoms with Gasteiger partial charge in [-0.2, -0.15) is 0 Å². The van der Waals surface area contributed by atoms with E-state index in [-0.39, 0.29) is 12.0 Å². The van der Waals surface area contributed by atoms with Crippen molar-refractivity contribution >= 4 is 49.6 Å². The average molecular weight is 386 g/mol. The van der Waals surface area contributed by atoms with E-state index in [1.54, 1.807) is 0 Å². The first-order valence-electron chi connectivity index (χ1n) is 4.78. The third kappa shape index (κ3) is 2.44. The molecule has 1 aliphatic rings. The van der Waals surface area contributed by atoms with Crippen LogP contribution in [0.5, 0.6) is 0 Å². The van der Waals surface area contributed by atoms with Crippen LogP contribution in [-0.4, -0.2) is 40.3 Å². The van der Waals surface area contributed by atoms with Gasteiger partial charge in [-0.3, -0.25) is 9.59 Å². The number of ketones is 1. The Morgan fingerprint density at radius 2 is 1.89 bits per heavy atom. The minimum absolute atomic E-state index is 0.173. The Morgan fingerprint density at radius 1 is 1.33 bits per heavy atom. The fraction of sp³-hybridized carbons (Fsp3) is 0.500. The van der Waals surface area contributed by atoms with Crippen molar-refractivity contribution in [1.29, 1.82) is 0 Å². The molecule has 1 atom stereocenters. The Kier molecular flexibility index (Phi) is 4.55. The maximum absolute atomic E-state index is 11.9.